The number of hydrogen-bond donors (Lipinski definition) is 1. The van der Waals surface area contributed by atoms with Gasteiger partial charge in [0.1, 0.15) is 0 Å². The number of piperidine rings is 2. The van der Waals surface area contributed by atoms with E-state index in [-0.39, 0.29) is 6.09 Å². The Kier molecular flexibility index (Phi) is 4.66. The van der Waals surface area contributed by atoms with Crippen LogP contribution in [-0.4, -0.2) is 43.3 Å². The van der Waals surface area contributed by atoms with Gasteiger partial charge in [0, 0.05) is 19.1 Å². The molecule has 1 amide bonds. The van der Waals surface area contributed by atoms with Gasteiger partial charge in [0.15, 0.2) is 0 Å². The average Bonchev–Trinajstić information content (AvgIpc) is 2.38. The maximum absolute atomic E-state index is 11.8. The topological polar surface area (TPSA) is 41.6 Å². The van der Waals surface area contributed by atoms with Gasteiger partial charge in [-0.2, -0.15) is 0 Å². The van der Waals surface area contributed by atoms with Crippen molar-refractivity contribution in [1.82, 2.24) is 10.2 Å². The Hall–Kier alpha value is -0.770. The van der Waals surface area contributed by atoms with Gasteiger partial charge < -0.3 is 15.0 Å². The zero-order valence-electron chi connectivity index (χ0n) is 10.8. The fourth-order valence-electron chi connectivity index (χ4n) is 2.81. The van der Waals surface area contributed by atoms with Crippen LogP contribution in [0.2, 0.25) is 0 Å². The Bertz CT molecular complexity index is 258. The van der Waals surface area contributed by atoms with E-state index < -0.39 is 0 Å². The van der Waals surface area contributed by atoms with Gasteiger partial charge in [0.25, 0.3) is 0 Å². The summed E-state index contributed by atoms with van der Waals surface area (Å²) >= 11 is 0. The van der Waals surface area contributed by atoms with Crippen molar-refractivity contribution in [2.75, 3.05) is 26.2 Å². The lowest BCUT2D eigenvalue weighted by Gasteiger charge is -2.41. The molecule has 0 radical (unpaired) electrons. The number of carbonyl (C=O) groups is 1. The van der Waals surface area contributed by atoms with E-state index in [9.17, 15) is 4.79 Å². The van der Waals surface area contributed by atoms with Crippen LogP contribution < -0.4 is 5.32 Å². The molecule has 2 aliphatic rings. The van der Waals surface area contributed by atoms with Crippen LogP contribution in [-0.2, 0) is 4.74 Å². The molecular weight excluding hydrogens is 216 g/mol. The first kappa shape index (κ1) is 12.7. The molecule has 2 saturated heterocycles. The van der Waals surface area contributed by atoms with E-state index in [1.165, 1.54) is 12.8 Å². The molecule has 4 nitrogen and oxygen atoms in total. The van der Waals surface area contributed by atoms with Crippen LogP contribution in [0.1, 0.15) is 39.0 Å². The third kappa shape index (κ3) is 3.35. The zero-order chi connectivity index (χ0) is 12.1. The van der Waals surface area contributed by atoms with Gasteiger partial charge in [-0.25, -0.2) is 4.79 Å². The van der Waals surface area contributed by atoms with Gasteiger partial charge in [-0.3, -0.25) is 0 Å². The molecule has 2 rings (SSSR count). The Labute approximate surface area is 104 Å². The molecule has 0 aromatic rings. The number of rotatable bonds is 3. The van der Waals surface area contributed by atoms with Crippen molar-refractivity contribution in [3.63, 3.8) is 0 Å². The predicted octanol–water partition coefficient (Wildman–Crippen LogP) is 2.00. The molecule has 98 valence electrons. The summed E-state index contributed by atoms with van der Waals surface area (Å²) in [5.74, 6) is 0.635. The summed E-state index contributed by atoms with van der Waals surface area (Å²) in [6.07, 6.45) is 5.49. The Morgan fingerprint density at radius 2 is 2.35 bits per heavy atom. The van der Waals surface area contributed by atoms with Crippen LogP contribution in [0.4, 0.5) is 4.79 Å². The largest absolute Gasteiger partial charge is 0.449 e. The summed E-state index contributed by atoms with van der Waals surface area (Å²) in [4.78, 5) is 13.7. The monoisotopic (exact) mass is 240 g/mol. The molecule has 0 unspecified atom stereocenters. The van der Waals surface area contributed by atoms with Crippen molar-refractivity contribution in [2.45, 2.75) is 45.1 Å². The molecule has 0 spiro atoms. The molecular formula is C13H24N2O2. The SMILES string of the molecule is CCCCOC(=O)N1CC[C@H]2NCCC[C@H]2C1. The van der Waals surface area contributed by atoms with Crippen LogP contribution in [0.15, 0.2) is 0 Å². The number of amides is 1. The van der Waals surface area contributed by atoms with Crippen molar-refractivity contribution in [2.24, 2.45) is 5.92 Å². The molecule has 0 aromatic carbocycles. The van der Waals surface area contributed by atoms with Crippen molar-refractivity contribution >= 4 is 6.09 Å². The maximum Gasteiger partial charge on any atom is 0.409 e. The van der Waals surface area contributed by atoms with E-state index in [4.69, 9.17) is 4.74 Å². The highest BCUT2D eigenvalue weighted by Crippen LogP contribution is 2.25. The second kappa shape index (κ2) is 6.24. The summed E-state index contributed by atoms with van der Waals surface area (Å²) in [6, 6.07) is 0.628. The summed E-state index contributed by atoms with van der Waals surface area (Å²) in [5.41, 5.74) is 0. The fourth-order valence-corrected chi connectivity index (χ4v) is 2.81. The first-order valence-corrected chi connectivity index (χ1v) is 6.96. The summed E-state index contributed by atoms with van der Waals surface area (Å²) in [5, 5.41) is 3.55. The standard InChI is InChI=1S/C13H24N2O2/c1-2-3-9-17-13(16)15-8-6-12-11(10-15)5-4-7-14-12/h11-12,14H,2-10H2,1H3/t11-,12+/m0/s1. The second-order valence-electron chi connectivity index (χ2n) is 5.17. The number of hydrogen-bond acceptors (Lipinski definition) is 3. The van der Waals surface area contributed by atoms with E-state index in [1.807, 2.05) is 4.90 Å². The molecule has 1 N–H and O–H groups in total. The lowest BCUT2D eigenvalue weighted by molar-refractivity contribution is 0.0675. The molecule has 2 fully saturated rings. The predicted molar refractivity (Wildman–Crippen MR) is 67.0 cm³/mol. The quantitative estimate of drug-likeness (QED) is 0.767. The number of nitrogens with one attached hydrogen (secondary N) is 1. The molecule has 4 heteroatoms. The normalized spacial score (nSPS) is 28.6. The molecule has 2 atom stereocenters. The summed E-state index contributed by atoms with van der Waals surface area (Å²) in [6.45, 7) is 5.54. The van der Waals surface area contributed by atoms with Crippen molar-refractivity contribution in [3.8, 4) is 0 Å². The number of unbranched alkanes of at least 4 members (excludes halogenated alkanes) is 1. The minimum atomic E-state index is -0.109. The van der Waals surface area contributed by atoms with E-state index in [0.717, 1.165) is 38.9 Å². The van der Waals surface area contributed by atoms with Crippen molar-refractivity contribution in [1.29, 1.82) is 0 Å². The lowest BCUT2D eigenvalue weighted by Crippen LogP contribution is -2.53. The zero-order valence-corrected chi connectivity index (χ0v) is 10.8. The minimum Gasteiger partial charge on any atom is -0.449 e. The molecule has 0 aromatic heterocycles. The molecule has 17 heavy (non-hydrogen) atoms. The molecule has 0 bridgehead atoms. The molecule has 0 saturated carbocycles. The van der Waals surface area contributed by atoms with Gasteiger partial charge in [0.2, 0.25) is 0 Å². The van der Waals surface area contributed by atoms with Crippen LogP contribution >= 0.6 is 0 Å². The highest BCUT2D eigenvalue weighted by atomic mass is 16.6. The minimum absolute atomic E-state index is 0.109. The smallest absolute Gasteiger partial charge is 0.409 e. The number of carbonyl (C=O) groups excluding carboxylic acids is 1. The Morgan fingerprint density at radius 3 is 3.18 bits per heavy atom. The van der Waals surface area contributed by atoms with Gasteiger partial charge in [-0.1, -0.05) is 13.3 Å². The van der Waals surface area contributed by atoms with Crippen molar-refractivity contribution < 1.29 is 9.53 Å². The van der Waals surface area contributed by atoms with Crippen LogP contribution in [0.3, 0.4) is 0 Å². The lowest BCUT2D eigenvalue weighted by atomic mass is 9.85. The molecule has 2 aliphatic heterocycles. The number of fused-ring (bicyclic) bond motifs is 1. The fraction of sp³-hybridized carbons (Fsp3) is 0.923. The van der Waals surface area contributed by atoms with Crippen LogP contribution in [0.5, 0.6) is 0 Å². The summed E-state index contributed by atoms with van der Waals surface area (Å²) in [7, 11) is 0. The highest BCUT2D eigenvalue weighted by molar-refractivity contribution is 5.67. The van der Waals surface area contributed by atoms with E-state index in [0.29, 0.717) is 18.6 Å². The van der Waals surface area contributed by atoms with Gasteiger partial charge in [0.05, 0.1) is 6.61 Å². The number of nitrogens with zero attached hydrogens (tertiary/aromatic N) is 1. The highest BCUT2D eigenvalue weighted by Gasteiger charge is 2.33. The van der Waals surface area contributed by atoms with Gasteiger partial charge >= 0.3 is 6.09 Å². The molecule has 2 heterocycles. The van der Waals surface area contributed by atoms with Crippen molar-refractivity contribution in [3.05, 3.63) is 0 Å². The first-order valence-electron chi connectivity index (χ1n) is 6.96. The van der Waals surface area contributed by atoms with E-state index in [2.05, 4.69) is 12.2 Å². The van der Waals surface area contributed by atoms with E-state index >= 15 is 0 Å². The number of likely N-dealkylation sites (tertiary alicyclic amines) is 1. The average molecular weight is 240 g/mol. The second-order valence-corrected chi connectivity index (χ2v) is 5.17. The third-order valence-corrected chi connectivity index (χ3v) is 3.87. The van der Waals surface area contributed by atoms with Gasteiger partial charge in [-0.15, -0.1) is 0 Å². The van der Waals surface area contributed by atoms with E-state index in [1.54, 1.807) is 0 Å². The van der Waals surface area contributed by atoms with Crippen LogP contribution in [0, 0.1) is 5.92 Å². The maximum atomic E-state index is 11.8. The number of ether oxygens (including phenoxy) is 1. The Morgan fingerprint density at radius 1 is 1.47 bits per heavy atom. The summed E-state index contributed by atoms with van der Waals surface area (Å²) < 4.78 is 5.27. The Balaban J connectivity index is 1.76. The first-order chi connectivity index (χ1) is 8.31. The third-order valence-electron chi connectivity index (χ3n) is 3.87. The van der Waals surface area contributed by atoms with Gasteiger partial charge in [-0.05, 0) is 38.1 Å². The molecule has 0 aliphatic carbocycles. The van der Waals surface area contributed by atoms with Crippen LogP contribution in [0.25, 0.3) is 0 Å².